The van der Waals surface area contributed by atoms with E-state index in [0.29, 0.717) is 0 Å². The van der Waals surface area contributed by atoms with Gasteiger partial charge < -0.3 is 10.6 Å². The Kier molecular flexibility index (Phi) is 6.35. The molecule has 0 fully saturated rings. The predicted molar refractivity (Wildman–Crippen MR) is 85.2 cm³/mol. The number of hydrogen-bond donors (Lipinski definition) is 2. The zero-order valence-electron chi connectivity index (χ0n) is 12.4. The van der Waals surface area contributed by atoms with E-state index in [2.05, 4.69) is 35.9 Å². The first-order valence-corrected chi connectivity index (χ1v) is 8.63. The third-order valence-corrected chi connectivity index (χ3v) is 4.82. The first-order chi connectivity index (χ1) is 9.27. The molecule has 3 heteroatoms. The lowest BCUT2D eigenvalue weighted by Crippen LogP contribution is -2.28. The van der Waals surface area contributed by atoms with Crippen LogP contribution < -0.4 is 10.6 Å². The molecule has 0 aliphatic heterocycles. The Morgan fingerprint density at radius 3 is 3.00 bits per heavy atom. The van der Waals surface area contributed by atoms with Crippen LogP contribution in [0.1, 0.15) is 49.5 Å². The molecule has 0 aromatic carbocycles. The Hall–Kier alpha value is -0.380. The van der Waals surface area contributed by atoms with E-state index in [1.54, 1.807) is 10.4 Å². The molecule has 0 saturated heterocycles. The second-order valence-corrected chi connectivity index (χ2v) is 7.04. The highest BCUT2D eigenvalue weighted by molar-refractivity contribution is 7.10. The summed E-state index contributed by atoms with van der Waals surface area (Å²) in [6.07, 6.45) is 5.27. The number of nitrogens with one attached hydrogen (secondary N) is 2. The maximum atomic E-state index is 3.64. The number of fused-ring (bicyclic) bond motifs is 1. The summed E-state index contributed by atoms with van der Waals surface area (Å²) in [5.41, 5.74) is 1.63. The molecule has 1 aliphatic carbocycles. The van der Waals surface area contributed by atoms with Gasteiger partial charge in [0.1, 0.15) is 0 Å². The number of aryl methyl sites for hydroxylation is 1. The molecule has 1 aliphatic rings. The Morgan fingerprint density at radius 2 is 2.16 bits per heavy atom. The highest BCUT2D eigenvalue weighted by Gasteiger charge is 2.20. The molecule has 0 bridgehead atoms. The van der Waals surface area contributed by atoms with Gasteiger partial charge in [0.2, 0.25) is 0 Å². The first-order valence-electron chi connectivity index (χ1n) is 7.75. The SMILES string of the molecule is CC(C)CNCCCNCC1CCCc2sccc21. The summed E-state index contributed by atoms with van der Waals surface area (Å²) in [5.74, 6) is 1.52. The predicted octanol–water partition coefficient (Wildman–Crippen LogP) is 3.39. The van der Waals surface area contributed by atoms with Crippen molar-refractivity contribution in [3.05, 3.63) is 21.9 Å². The Morgan fingerprint density at radius 1 is 1.32 bits per heavy atom. The van der Waals surface area contributed by atoms with Gasteiger partial charge in [0, 0.05) is 11.4 Å². The van der Waals surface area contributed by atoms with Crippen LogP contribution in [0.25, 0.3) is 0 Å². The zero-order chi connectivity index (χ0) is 13.5. The minimum atomic E-state index is 0.757. The van der Waals surface area contributed by atoms with Gasteiger partial charge in [0.05, 0.1) is 0 Å². The van der Waals surface area contributed by atoms with E-state index in [-0.39, 0.29) is 0 Å². The van der Waals surface area contributed by atoms with Crippen molar-refractivity contribution in [2.75, 3.05) is 26.2 Å². The molecule has 1 unspecified atom stereocenters. The van der Waals surface area contributed by atoms with E-state index in [4.69, 9.17) is 0 Å². The van der Waals surface area contributed by atoms with Crippen molar-refractivity contribution in [3.8, 4) is 0 Å². The minimum Gasteiger partial charge on any atom is -0.316 e. The van der Waals surface area contributed by atoms with Crippen molar-refractivity contribution >= 4 is 11.3 Å². The fourth-order valence-electron chi connectivity index (χ4n) is 2.80. The quantitative estimate of drug-likeness (QED) is 0.713. The maximum absolute atomic E-state index is 3.64. The Labute approximate surface area is 122 Å². The van der Waals surface area contributed by atoms with E-state index < -0.39 is 0 Å². The van der Waals surface area contributed by atoms with Crippen molar-refractivity contribution in [2.24, 2.45) is 5.92 Å². The number of thiophene rings is 1. The van der Waals surface area contributed by atoms with Gasteiger partial charge in [-0.25, -0.2) is 0 Å². The van der Waals surface area contributed by atoms with Gasteiger partial charge >= 0.3 is 0 Å². The molecule has 0 spiro atoms. The highest BCUT2D eigenvalue weighted by atomic mass is 32.1. The van der Waals surface area contributed by atoms with Crippen LogP contribution in [0.2, 0.25) is 0 Å². The van der Waals surface area contributed by atoms with E-state index >= 15 is 0 Å². The topological polar surface area (TPSA) is 24.1 Å². The van der Waals surface area contributed by atoms with Crippen LogP contribution in [0.4, 0.5) is 0 Å². The Bertz CT molecular complexity index is 359. The van der Waals surface area contributed by atoms with Gasteiger partial charge in [-0.3, -0.25) is 0 Å². The number of rotatable bonds is 8. The summed E-state index contributed by atoms with van der Waals surface area (Å²) in [6.45, 7) is 9.09. The van der Waals surface area contributed by atoms with Crippen molar-refractivity contribution in [3.63, 3.8) is 0 Å². The van der Waals surface area contributed by atoms with Crippen molar-refractivity contribution in [1.82, 2.24) is 10.6 Å². The smallest absolute Gasteiger partial charge is 0.00805 e. The van der Waals surface area contributed by atoms with E-state index in [0.717, 1.165) is 38.0 Å². The second kappa shape index (κ2) is 8.03. The van der Waals surface area contributed by atoms with Gasteiger partial charge in [0.25, 0.3) is 0 Å². The van der Waals surface area contributed by atoms with Crippen LogP contribution >= 0.6 is 11.3 Å². The molecule has 2 N–H and O–H groups in total. The summed E-state index contributed by atoms with van der Waals surface area (Å²) in [5, 5.41) is 9.40. The normalized spacial score (nSPS) is 18.8. The molecule has 0 radical (unpaired) electrons. The molecule has 1 heterocycles. The monoisotopic (exact) mass is 280 g/mol. The zero-order valence-corrected chi connectivity index (χ0v) is 13.2. The van der Waals surface area contributed by atoms with Crippen LogP contribution in [0.5, 0.6) is 0 Å². The molecule has 1 aromatic rings. The summed E-state index contributed by atoms with van der Waals surface area (Å²) in [7, 11) is 0. The van der Waals surface area contributed by atoms with Crippen molar-refractivity contribution < 1.29 is 0 Å². The molecule has 19 heavy (non-hydrogen) atoms. The molecule has 1 atom stereocenters. The summed E-state index contributed by atoms with van der Waals surface area (Å²) in [4.78, 5) is 1.64. The minimum absolute atomic E-state index is 0.757. The largest absolute Gasteiger partial charge is 0.316 e. The van der Waals surface area contributed by atoms with Gasteiger partial charge in [-0.2, -0.15) is 0 Å². The molecule has 2 rings (SSSR count). The molecule has 1 aromatic heterocycles. The summed E-state index contributed by atoms with van der Waals surface area (Å²) >= 11 is 1.94. The first kappa shape index (κ1) is 15.0. The van der Waals surface area contributed by atoms with Crippen molar-refractivity contribution in [2.45, 2.75) is 45.4 Å². The van der Waals surface area contributed by atoms with Gasteiger partial charge in [-0.05, 0) is 74.2 Å². The fraction of sp³-hybridized carbons (Fsp3) is 0.750. The standard InChI is InChI=1S/C16H28N2S/c1-13(2)11-17-8-4-9-18-12-14-5-3-6-16-15(14)7-10-19-16/h7,10,13-14,17-18H,3-6,8-9,11-12H2,1-2H3. The molecule has 0 saturated carbocycles. The lowest BCUT2D eigenvalue weighted by atomic mass is 9.88. The van der Waals surface area contributed by atoms with Crippen LogP contribution in [0.3, 0.4) is 0 Å². The molecular weight excluding hydrogens is 252 g/mol. The van der Waals surface area contributed by atoms with Gasteiger partial charge in [-0.15, -0.1) is 11.3 Å². The van der Waals surface area contributed by atoms with Crippen LogP contribution in [-0.2, 0) is 6.42 Å². The third kappa shape index (κ3) is 4.90. The van der Waals surface area contributed by atoms with E-state index in [9.17, 15) is 0 Å². The average molecular weight is 280 g/mol. The lowest BCUT2D eigenvalue weighted by molar-refractivity contribution is 0.493. The second-order valence-electron chi connectivity index (χ2n) is 6.04. The molecule has 2 nitrogen and oxygen atoms in total. The average Bonchev–Trinajstić information content (AvgIpc) is 2.86. The van der Waals surface area contributed by atoms with Crippen LogP contribution in [0, 0.1) is 5.92 Å². The third-order valence-electron chi connectivity index (χ3n) is 3.83. The fourth-order valence-corrected chi connectivity index (χ4v) is 3.81. The Balaban J connectivity index is 1.57. The van der Waals surface area contributed by atoms with Crippen LogP contribution in [-0.4, -0.2) is 26.2 Å². The highest BCUT2D eigenvalue weighted by Crippen LogP contribution is 2.34. The van der Waals surface area contributed by atoms with E-state index in [1.807, 2.05) is 11.3 Å². The molecule has 0 amide bonds. The van der Waals surface area contributed by atoms with Crippen molar-refractivity contribution in [1.29, 1.82) is 0 Å². The molecular formula is C16H28N2S. The summed E-state index contributed by atoms with van der Waals surface area (Å²) in [6, 6.07) is 2.34. The molecule has 108 valence electrons. The van der Waals surface area contributed by atoms with Crippen LogP contribution in [0.15, 0.2) is 11.4 Å². The van der Waals surface area contributed by atoms with Gasteiger partial charge in [0.15, 0.2) is 0 Å². The van der Waals surface area contributed by atoms with E-state index in [1.165, 1.54) is 25.7 Å². The van der Waals surface area contributed by atoms with Gasteiger partial charge in [-0.1, -0.05) is 13.8 Å². The lowest BCUT2D eigenvalue weighted by Gasteiger charge is -2.23. The maximum Gasteiger partial charge on any atom is 0.00805 e. The summed E-state index contributed by atoms with van der Waals surface area (Å²) < 4.78 is 0. The number of hydrogen-bond acceptors (Lipinski definition) is 3.